The normalized spacial score (nSPS) is 10.3. The van der Waals surface area contributed by atoms with Gasteiger partial charge in [-0.25, -0.2) is 4.39 Å². The van der Waals surface area contributed by atoms with E-state index in [1.165, 1.54) is 6.07 Å². The van der Waals surface area contributed by atoms with E-state index in [1.807, 2.05) is 11.8 Å². The van der Waals surface area contributed by atoms with Crippen molar-refractivity contribution in [2.45, 2.75) is 13.3 Å². The molecule has 1 nitrogen and oxygen atoms in total. The summed E-state index contributed by atoms with van der Waals surface area (Å²) in [6.07, 6.45) is 1.06. The Morgan fingerprint density at radius 2 is 2.27 bits per heavy atom. The van der Waals surface area contributed by atoms with Crippen LogP contribution in [0.4, 0.5) is 10.1 Å². The molecular formula is C11H15BrFNS. The van der Waals surface area contributed by atoms with Crippen LogP contribution < -0.4 is 5.32 Å². The molecule has 1 N–H and O–H groups in total. The second-order valence-electron chi connectivity index (χ2n) is 3.10. The number of nitrogens with one attached hydrogen (secondary N) is 1. The highest BCUT2D eigenvalue weighted by atomic mass is 79.9. The van der Waals surface area contributed by atoms with Crippen LogP contribution in [0.1, 0.15) is 13.3 Å². The predicted molar refractivity (Wildman–Crippen MR) is 70.2 cm³/mol. The van der Waals surface area contributed by atoms with Gasteiger partial charge in [-0.05, 0) is 36.1 Å². The van der Waals surface area contributed by atoms with Crippen LogP contribution in [0.2, 0.25) is 0 Å². The summed E-state index contributed by atoms with van der Waals surface area (Å²) in [5.41, 5.74) is 0.575. The molecule has 1 rings (SSSR count). The van der Waals surface area contributed by atoms with Gasteiger partial charge in [0.15, 0.2) is 0 Å². The first-order valence-electron chi connectivity index (χ1n) is 5.00. The summed E-state index contributed by atoms with van der Waals surface area (Å²) in [5, 5.41) is 3.09. The first-order valence-corrected chi connectivity index (χ1v) is 6.95. The molecule has 4 heteroatoms. The average Bonchev–Trinajstić information content (AvgIpc) is 2.23. The van der Waals surface area contributed by atoms with Gasteiger partial charge in [-0.15, -0.1) is 0 Å². The van der Waals surface area contributed by atoms with Gasteiger partial charge in [-0.3, -0.25) is 0 Å². The maximum Gasteiger partial charge on any atom is 0.146 e. The topological polar surface area (TPSA) is 12.0 Å². The molecule has 0 aliphatic carbocycles. The van der Waals surface area contributed by atoms with E-state index in [-0.39, 0.29) is 5.82 Å². The minimum atomic E-state index is -0.193. The summed E-state index contributed by atoms with van der Waals surface area (Å²) in [6, 6.07) is 4.93. The van der Waals surface area contributed by atoms with E-state index in [9.17, 15) is 4.39 Å². The van der Waals surface area contributed by atoms with Gasteiger partial charge in [0.1, 0.15) is 5.82 Å². The smallest absolute Gasteiger partial charge is 0.146 e. The average molecular weight is 292 g/mol. The van der Waals surface area contributed by atoms with E-state index in [2.05, 4.69) is 28.2 Å². The van der Waals surface area contributed by atoms with Crippen LogP contribution in [-0.4, -0.2) is 18.1 Å². The van der Waals surface area contributed by atoms with Gasteiger partial charge in [-0.1, -0.05) is 22.9 Å². The Morgan fingerprint density at radius 1 is 1.47 bits per heavy atom. The van der Waals surface area contributed by atoms with Crippen molar-refractivity contribution in [1.82, 2.24) is 0 Å². The van der Waals surface area contributed by atoms with Gasteiger partial charge in [0.05, 0.1) is 5.69 Å². The first kappa shape index (κ1) is 12.8. The minimum Gasteiger partial charge on any atom is -0.383 e. The number of rotatable bonds is 6. The summed E-state index contributed by atoms with van der Waals surface area (Å²) in [7, 11) is 0. The molecule has 0 aromatic heterocycles. The van der Waals surface area contributed by atoms with Crippen molar-refractivity contribution in [2.75, 3.05) is 23.4 Å². The van der Waals surface area contributed by atoms with Gasteiger partial charge in [0, 0.05) is 11.0 Å². The van der Waals surface area contributed by atoms with E-state index < -0.39 is 0 Å². The fraction of sp³-hybridized carbons (Fsp3) is 0.455. The molecular weight excluding hydrogens is 277 g/mol. The summed E-state index contributed by atoms with van der Waals surface area (Å²) in [5.74, 6) is 2.08. The van der Waals surface area contributed by atoms with Gasteiger partial charge >= 0.3 is 0 Å². The Balaban J connectivity index is 2.33. The van der Waals surface area contributed by atoms with Crippen LogP contribution in [0, 0.1) is 5.82 Å². The third kappa shape index (κ3) is 4.89. The molecule has 1 aromatic rings. The zero-order valence-electron chi connectivity index (χ0n) is 8.72. The molecule has 0 heterocycles. The Hall–Kier alpha value is -0.220. The second kappa shape index (κ2) is 7.12. The number of halogens is 2. The minimum absolute atomic E-state index is 0.193. The second-order valence-corrected chi connectivity index (χ2v) is 5.41. The van der Waals surface area contributed by atoms with Gasteiger partial charge < -0.3 is 5.32 Å². The van der Waals surface area contributed by atoms with Crippen LogP contribution in [-0.2, 0) is 0 Å². The predicted octanol–water partition coefficient (Wildman–Crippen LogP) is 4.14. The van der Waals surface area contributed by atoms with Crippen molar-refractivity contribution in [3.05, 3.63) is 28.5 Å². The van der Waals surface area contributed by atoms with Gasteiger partial charge in [0.2, 0.25) is 0 Å². The molecule has 0 atom stereocenters. The highest BCUT2D eigenvalue weighted by molar-refractivity contribution is 9.10. The molecule has 0 unspecified atom stereocenters. The van der Waals surface area contributed by atoms with Crippen molar-refractivity contribution in [2.24, 2.45) is 0 Å². The number of hydrogen-bond donors (Lipinski definition) is 1. The van der Waals surface area contributed by atoms with Gasteiger partial charge in [-0.2, -0.15) is 11.8 Å². The number of benzene rings is 1. The van der Waals surface area contributed by atoms with Crippen LogP contribution in [0.15, 0.2) is 22.7 Å². The van der Waals surface area contributed by atoms with Gasteiger partial charge in [0.25, 0.3) is 0 Å². The molecule has 0 aliphatic rings. The van der Waals surface area contributed by atoms with E-state index in [0.29, 0.717) is 5.69 Å². The molecule has 15 heavy (non-hydrogen) atoms. The number of hydrogen-bond acceptors (Lipinski definition) is 2. The fourth-order valence-corrected chi connectivity index (χ4v) is 2.17. The zero-order chi connectivity index (χ0) is 11.1. The highest BCUT2D eigenvalue weighted by Gasteiger charge is 2.01. The number of anilines is 1. The van der Waals surface area contributed by atoms with Crippen molar-refractivity contribution < 1.29 is 4.39 Å². The Morgan fingerprint density at radius 3 is 3.00 bits per heavy atom. The van der Waals surface area contributed by atoms with Crippen molar-refractivity contribution in [3.63, 3.8) is 0 Å². The molecule has 0 saturated carbocycles. The van der Waals surface area contributed by atoms with Crippen LogP contribution in [0.5, 0.6) is 0 Å². The third-order valence-corrected chi connectivity index (χ3v) is 3.39. The SMILES string of the molecule is CCSCCCNc1cc(Br)ccc1F. The van der Waals surface area contributed by atoms with E-state index in [0.717, 1.165) is 28.9 Å². The maximum absolute atomic E-state index is 13.3. The molecule has 1 aromatic carbocycles. The summed E-state index contributed by atoms with van der Waals surface area (Å²) >= 11 is 5.23. The van der Waals surface area contributed by atoms with Crippen LogP contribution >= 0.6 is 27.7 Å². The Labute approximate surface area is 103 Å². The quantitative estimate of drug-likeness (QED) is 0.791. The lowest BCUT2D eigenvalue weighted by atomic mass is 10.3. The highest BCUT2D eigenvalue weighted by Crippen LogP contribution is 2.19. The molecule has 0 fully saturated rings. The fourth-order valence-electron chi connectivity index (χ4n) is 1.17. The first-order chi connectivity index (χ1) is 7.24. The van der Waals surface area contributed by atoms with Crippen molar-refractivity contribution in [3.8, 4) is 0 Å². The molecule has 0 saturated heterocycles. The lowest BCUT2D eigenvalue weighted by Gasteiger charge is -2.07. The molecule has 0 amide bonds. The Kier molecular flexibility index (Phi) is 6.10. The maximum atomic E-state index is 13.3. The number of thioether (sulfide) groups is 1. The summed E-state index contributed by atoms with van der Waals surface area (Å²) in [6.45, 7) is 2.96. The lowest BCUT2D eigenvalue weighted by Crippen LogP contribution is -2.04. The summed E-state index contributed by atoms with van der Waals surface area (Å²) in [4.78, 5) is 0. The standard InChI is InChI=1S/C11H15BrFNS/c1-2-15-7-3-6-14-11-8-9(12)4-5-10(11)13/h4-5,8,14H,2-3,6-7H2,1H3. The molecule has 0 aliphatic heterocycles. The van der Waals surface area contributed by atoms with E-state index in [1.54, 1.807) is 12.1 Å². The van der Waals surface area contributed by atoms with E-state index in [4.69, 9.17) is 0 Å². The Bertz CT molecular complexity index is 307. The zero-order valence-corrected chi connectivity index (χ0v) is 11.1. The molecule has 0 radical (unpaired) electrons. The van der Waals surface area contributed by atoms with Crippen LogP contribution in [0.25, 0.3) is 0 Å². The monoisotopic (exact) mass is 291 g/mol. The lowest BCUT2D eigenvalue weighted by molar-refractivity contribution is 0.629. The third-order valence-electron chi connectivity index (χ3n) is 1.91. The summed E-state index contributed by atoms with van der Waals surface area (Å²) < 4.78 is 14.2. The largest absolute Gasteiger partial charge is 0.383 e. The van der Waals surface area contributed by atoms with Crippen molar-refractivity contribution >= 4 is 33.4 Å². The van der Waals surface area contributed by atoms with Crippen molar-refractivity contribution in [1.29, 1.82) is 0 Å². The van der Waals surface area contributed by atoms with E-state index >= 15 is 0 Å². The molecule has 0 spiro atoms. The molecule has 84 valence electrons. The molecule has 0 bridgehead atoms. The van der Waals surface area contributed by atoms with Crippen LogP contribution in [0.3, 0.4) is 0 Å².